The van der Waals surface area contributed by atoms with Gasteiger partial charge < -0.3 is 10.0 Å². The summed E-state index contributed by atoms with van der Waals surface area (Å²) < 4.78 is 0. The lowest BCUT2D eigenvalue weighted by atomic mass is 9.84. The van der Waals surface area contributed by atoms with Crippen LogP contribution in [0.4, 0.5) is 0 Å². The summed E-state index contributed by atoms with van der Waals surface area (Å²) in [5.41, 5.74) is 0.599. The highest BCUT2D eigenvalue weighted by atomic mass is 16.3. The smallest absolute Gasteiger partial charge is 0.0459 e. The second-order valence-corrected chi connectivity index (χ2v) is 4.78. The first kappa shape index (κ1) is 8.52. The van der Waals surface area contributed by atoms with Gasteiger partial charge in [-0.05, 0) is 50.6 Å². The van der Waals surface area contributed by atoms with Crippen LogP contribution in [0.25, 0.3) is 0 Å². The van der Waals surface area contributed by atoms with Gasteiger partial charge in [-0.2, -0.15) is 0 Å². The van der Waals surface area contributed by atoms with Crippen LogP contribution in [0, 0.1) is 11.3 Å². The summed E-state index contributed by atoms with van der Waals surface area (Å²) in [6.45, 7) is 2.94. The van der Waals surface area contributed by atoms with Gasteiger partial charge in [0.2, 0.25) is 0 Å². The molecule has 1 saturated heterocycles. The average Bonchev–Trinajstić information content (AvgIpc) is 2.61. The molecule has 0 aromatic rings. The average molecular weight is 169 g/mol. The summed E-state index contributed by atoms with van der Waals surface area (Å²) >= 11 is 0. The molecule has 12 heavy (non-hydrogen) atoms. The molecule has 0 radical (unpaired) electrons. The van der Waals surface area contributed by atoms with Crippen LogP contribution >= 0.6 is 0 Å². The molecule has 2 heteroatoms. The number of rotatable bonds is 1. The molecule has 70 valence electrons. The van der Waals surface area contributed by atoms with E-state index >= 15 is 0 Å². The van der Waals surface area contributed by atoms with E-state index in [9.17, 15) is 0 Å². The van der Waals surface area contributed by atoms with E-state index in [1.54, 1.807) is 0 Å². The zero-order valence-corrected chi connectivity index (χ0v) is 7.92. The van der Waals surface area contributed by atoms with Gasteiger partial charge in [0.25, 0.3) is 0 Å². The standard InChI is InChI=1S/C10H19NO/c1-11-5-4-10(8-11)3-2-9(6-10)7-12/h9,12H,2-8H2,1H3. The highest BCUT2D eigenvalue weighted by Crippen LogP contribution is 2.47. The minimum Gasteiger partial charge on any atom is -0.396 e. The molecule has 1 heterocycles. The van der Waals surface area contributed by atoms with Gasteiger partial charge in [-0.15, -0.1) is 0 Å². The lowest BCUT2D eigenvalue weighted by Crippen LogP contribution is -2.22. The molecule has 0 bridgehead atoms. The number of hydrogen-bond donors (Lipinski definition) is 1. The second-order valence-electron chi connectivity index (χ2n) is 4.78. The molecule has 1 aliphatic heterocycles. The van der Waals surface area contributed by atoms with E-state index in [4.69, 9.17) is 5.11 Å². The Hall–Kier alpha value is -0.0800. The van der Waals surface area contributed by atoms with E-state index in [2.05, 4.69) is 11.9 Å². The second kappa shape index (κ2) is 3.00. The maximum atomic E-state index is 9.06. The van der Waals surface area contributed by atoms with Crippen LogP contribution in [0.1, 0.15) is 25.7 Å². The van der Waals surface area contributed by atoms with Crippen molar-refractivity contribution in [3.8, 4) is 0 Å². The molecule has 0 amide bonds. The molecule has 2 rings (SSSR count). The Morgan fingerprint density at radius 1 is 1.50 bits per heavy atom. The zero-order chi connectivity index (χ0) is 8.60. The Bertz CT molecular complexity index is 171. The fourth-order valence-electron chi connectivity index (χ4n) is 3.01. The molecule has 2 fully saturated rings. The minimum absolute atomic E-state index is 0.408. The van der Waals surface area contributed by atoms with Gasteiger partial charge in [0.15, 0.2) is 0 Å². The predicted octanol–water partition coefficient (Wildman–Crippen LogP) is 1.10. The van der Waals surface area contributed by atoms with Gasteiger partial charge in [-0.3, -0.25) is 0 Å². The van der Waals surface area contributed by atoms with Crippen LogP contribution in [0.5, 0.6) is 0 Å². The summed E-state index contributed by atoms with van der Waals surface area (Å²) in [5, 5.41) is 9.06. The Kier molecular flexibility index (Phi) is 2.13. The van der Waals surface area contributed by atoms with Crippen LogP contribution in [0.3, 0.4) is 0 Å². The monoisotopic (exact) mass is 169 g/mol. The quantitative estimate of drug-likeness (QED) is 0.635. The van der Waals surface area contributed by atoms with Gasteiger partial charge in [-0.1, -0.05) is 0 Å². The van der Waals surface area contributed by atoms with E-state index in [0.717, 1.165) is 0 Å². The van der Waals surface area contributed by atoms with E-state index in [1.165, 1.54) is 38.8 Å². The van der Waals surface area contributed by atoms with Crippen LogP contribution in [0.15, 0.2) is 0 Å². The molecule has 1 N–H and O–H groups in total. The van der Waals surface area contributed by atoms with Crippen molar-refractivity contribution in [3.63, 3.8) is 0 Å². The summed E-state index contributed by atoms with van der Waals surface area (Å²) in [7, 11) is 2.21. The third-order valence-corrected chi connectivity index (χ3v) is 3.69. The first-order valence-electron chi connectivity index (χ1n) is 5.03. The van der Waals surface area contributed by atoms with Crippen LogP contribution < -0.4 is 0 Å². The number of likely N-dealkylation sites (tertiary alicyclic amines) is 1. The van der Waals surface area contributed by atoms with Crippen LogP contribution in [-0.4, -0.2) is 36.8 Å². The summed E-state index contributed by atoms with van der Waals surface area (Å²) in [6.07, 6.45) is 5.24. The molecule has 0 aromatic carbocycles. The molecular formula is C10H19NO. The summed E-state index contributed by atoms with van der Waals surface area (Å²) in [5.74, 6) is 0.608. The lowest BCUT2D eigenvalue weighted by molar-refractivity contribution is 0.208. The van der Waals surface area contributed by atoms with Crippen molar-refractivity contribution in [2.24, 2.45) is 11.3 Å². The molecule has 1 aliphatic carbocycles. The number of hydrogen-bond acceptors (Lipinski definition) is 2. The van der Waals surface area contributed by atoms with Crippen molar-refractivity contribution in [1.82, 2.24) is 4.90 Å². The van der Waals surface area contributed by atoms with Crippen molar-refractivity contribution in [2.75, 3.05) is 26.7 Å². The van der Waals surface area contributed by atoms with Crippen molar-refractivity contribution in [1.29, 1.82) is 0 Å². The number of aliphatic hydroxyl groups excluding tert-OH is 1. The summed E-state index contributed by atoms with van der Waals surface area (Å²) in [4.78, 5) is 2.43. The van der Waals surface area contributed by atoms with E-state index in [-0.39, 0.29) is 0 Å². The molecule has 2 unspecified atom stereocenters. The molecule has 0 aromatic heterocycles. The van der Waals surface area contributed by atoms with Gasteiger partial charge in [0.1, 0.15) is 0 Å². The normalized spacial score (nSPS) is 43.0. The van der Waals surface area contributed by atoms with E-state index in [1.807, 2.05) is 0 Å². The topological polar surface area (TPSA) is 23.5 Å². The molecule has 2 aliphatic rings. The molecule has 2 nitrogen and oxygen atoms in total. The van der Waals surface area contributed by atoms with Gasteiger partial charge >= 0.3 is 0 Å². The molecular weight excluding hydrogens is 150 g/mol. The maximum absolute atomic E-state index is 9.06. The van der Waals surface area contributed by atoms with Crippen LogP contribution in [-0.2, 0) is 0 Å². The largest absolute Gasteiger partial charge is 0.396 e. The highest BCUT2D eigenvalue weighted by Gasteiger charge is 2.42. The van der Waals surface area contributed by atoms with E-state index in [0.29, 0.717) is 17.9 Å². The summed E-state index contributed by atoms with van der Waals surface area (Å²) in [6, 6.07) is 0. The zero-order valence-electron chi connectivity index (χ0n) is 7.92. The van der Waals surface area contributed by atoms with Gasteiger partial charge in [0.05, 0.1) is 0 Å². The number of aliphatic hydroxyl groups is 1. The third-order valence-electron chi connectivity index (χ3n) is 3.69. The van der Waals surface area contributed by atoms with Gasteiger partial charge in [0, 0.05) is 13.2 Å². The first-order chi connectivity index (χ1) is 5.74. The molecule has 2 atom stereocenters. The predicted molar refractivity (Wildman–Crippen MR) is 49.0 cm³/mol. The minimum atomic E-state index is 0.408. The fraction of sp³-hybridized carbons (Fsp3) is 1.00. The highest BCUT2D eigenvalue weighted by molar-refractivity contribution is 4.95. The third kappa shape index (κ3) is 1.38. The number of nitrogens with zero attached hydrogens (tertiary/aromatic N) is 1. The van der Waals surface area contributed by atoms with Crippen molar-refractivity contribution < 1.29 is 5.11 Å². The fourth-order valence-corrected chi connectivity index (χ4v) is 3.01. The van der Waals surface area contributed by atoms with Crippen LogP contribution in [0.2, 0.25) is 0 Å². The lowest BCUT2D eigenvalue weighted by Gasteiger charge is -2.22. The van der Waals surface area contributed by atoms with Crippen molar-refractivity contribution in [3.05, 3.63) is 0 Å². The maximum Gasteiger partial charge on any atom is 0.0459 e. The molecule has 1 spiro atoms. The van der Waals surface area contributed by atoms with Crippen molar-refractivity contribution in [2.45, 2.75) is 25.7 Å². The van der Waals surface area contributed by atoms with Crippen molar-refractivity contribution >= 4 is 0 Å². The Labute approximate surface area is 74.6 Å². The first-order valence-corrected chi connectivity index (χ1v) is 5.03. The Balaban J connectivity index is 1.97. The molecule has 1 saturated carbocycles. The Morgan fingerprint density at radius 2 is 2.33 bits per heavy atom. The van der Waals surface area contributed by atoms with E-state index < -0.39 is 0 Å². The SMILES string of the molecule is CN1CCC2(CCC(CO)C2)C1. The Morgan fingerprint density at radius 3 is 2.83 bits per heavy atom. The van der Waals surface area contributed by atoms with Gasteiger partial charge in [-0.25, -0.2) is 0 Å².